The van der Waals surface area contributed by atoms with Crippen molar-refractivity contribution < 1.29 is 5.11 Å². The van der Waals surface area contributed by atoms with Crippen LogP contribution < -0.4 is 0 Å². The van der Waals surface area contributed by atoms with Crippen LogP contribution in [0.15, 0.2) is 0 Å². The van der Waals surface area contributed by atoms with Crippen molar-refractivity contribution in [2.24, 2.45) is 0 Å². The molecule has 1 nitrogen and oxygen atoms in total. The summed E-state index contributed by atoms with van der Waals surface area (Å²) in [7, 11) is 0.813. The van der Waals surface area contributed by atoms with E-state index in [0.717, 1.165) is 8.58 Å². The molecule has 0 radical (unpaired) electrons. The Morgan fingerprint density at radius 1 is 2.00 bits per heavy atom. The van der Waals surface area contributed by atoms with E-state index in [1.54, 1.807) is 11.8 Å². The summed E-state index contributed by atoms with van der Waals surface area (Å²) in [5.74, 6) is 0. The van der Waals surface area contributed by atoms with Gasteiger partial charge in [-0.2, -0.15) is 0 Å². The molecule has 0 aromatic heterocycles. The Morgan fingerprint density at radius 3 is 2.40 bits per heavy atom. The van der Waals surface area contributed by atoms with Crippen molar-refractivity contribution in [2.45, 2.75) is 5.18 Å². The van der Waals surface area contributed by atoms with E-state index >= 15 is 0 Å². The Hall–Kier alpha value is 0.740. The molecule has 0 bridgehead atoms. The van der Waals surface area contributed by atoms with Gasteiger partial charge in [0, 0.05) is 5.49 Å². The van der Waals surface area contributed by atoms with E-state index in [1.807, 2.05) is 0 Å². The van der Waals surface area contributed by atoms with E-state index in [4.69, 9.17) is 5.11 Å². The van der Waals surface area contributed by atoms with Gasteiger partial charge in [-0.05, 0) is 0 Å². The minimum Gasteiger partial charge on any atom is -0.379 e. The van der Waals surface area contributed by atoms with Gasteiger partial charge in [-0.15, -0.1) is 11.8 Å². The van der Waals surface area contributed by atoms with Crippen LogP contribution in [0.5, 0.6) is 0 Å². The summed E-state index contributed by atoms with van der Waals surface area (Å²) in [6.45, 7) is 0. The molecule has 2 atom stereocenters. The number of hydrogen-bond acceptors (Lipinski definition) is 2. The first-order chi connectivity index (χ1) is 2.39. The van der Waals surface area contributed by atoms with Crippen LogP contribution >= 0.6 is 20.3 Å². The molecule has 1 rings (SSSR count). The molecule has 1 aliphatic heterocycles. The zero-order valence-corrected chi connectivity index (χ0v) is 4.46. The molecule has 5 heavy (non-hydrogen) atoms. The highest BCUT2D eigenvalue weighted by molar-refractivity contribution is 8.14. The van der Waals surface area contributed by atoms with Crippen LogP contribution in [-0.2, 0) is 0 Å². The van der Waals surface area contributed by atoms with Crippen LogP contribution in [0.4, 0.5) is 0 Å². The molecule has 1 aliphatic rings. The maximum absolute atomic E-state index is 8.42. The molecule has 3 heteroatoms. The Labute approximate surface area is 36.9 Å². The zero-order chi connectivity index (χ0) is 3.70. The summed E-state index contributed by atoms with van der Waals surface area (Å²) >= 11 is 1.63. The van der Waals surface area contributed by atoms with Crippen LogP contribution in [0.1, 0.15) is 0 Å². The van der Waals surface area contributed by atoms with Crippen LogP contribution in [0.3, 0.4) is 0 Å². The zero-order valence-electron chi connectivity index (χ0n) is 2.64. The first-order valence-electron chi connectivity index (χ1n) is 1.42. The fraction of sp³-hybridized carbons (Fsp3) is 1.00. The second kappa shape index (κ2) is 1.46. The molecule has 0 aliphatic carbocycles. The van der Waals surface area contributed by atoms with Crippen LogP contribution in [0.25, 0.3) is 0 Å². The summed E-state index contributed by atoms with van der Waals surface area (Å²) in [6, 6.07) is 0. The summed E-state index contributed by atoms with van der Waals surface area (Å²) in [6.07, 6.45) is 0. The van der Waals surface area contributed by atoms with Crippen molar-refractivity contribution in [1.29, 1.82) is 0 Å². The van der Waals surface area contributed by atoms with E-state index in [9.17, 15) is 0 Å². The Balaban J connectivity index is 2.08. The maximum atomic E-state index is 8.42. The third-order valence-corrected chi connectivity index (χ3v) is 3.50. The minimum absolute atomic E-state index is 0.00926. The van der Waals surface area contributed by atoms with Crippen molar-refractivity contribution in [1.82, 2.24) is 0 Å². The quantitative estimate of drug-likeness (QED) is 0.459. The van der Waals surface area contributed by atoms with E-state index in [2.05, 4.69) is 0 Å². The summed E-state index contributed by atoms with van der Waals surface area (Å²) in [5.41, 5.74) is 1.18. The average molecular weight is 108 g/mol. The Morgan fingerprint density at radius 2 is 2.40 bits per heavy atom. The van der Waals surface area contributed by atoms with Crippen LogP contribution in [0, 0.1) is 0 Å². The Kier molecular flexibility index (Phi) is 1.14. The van der Waals surface area contributed by atoms with E-state index in [1.165, 1.54) is 5.49 Å². The lowest BCUT2D eigenvalue weighted by molar-refractivity contribution is 0.339. The Bertz CT molecular complexity index is 36.6. The monoisotopic (exact) mass is 108 g/mol. The second-order valence-corrected chi connectivity index (χ2v) is 4.18. The van der Waals surface area contributed by atoms with Gasteiger partial charge >= 0.3 is 0 Å². The summed E-state index contributed by atoms with van der Waals surface area (Å²) < 4.78 is 0. The standard InChI is InChI=1S/C2H5OPS/c3-2-4-1-5-2/h2-4H,1H2. The molecule has 1 fully saturated rings. The average Bonchev–Trinajstić information content (AvgIpc) is 1.30. The van der Waals surface area contributed by atoms with Crippen LogP contribution in [0.2, 0.25) is 0 Å². The SMILES string of the molecule is OC1PCS1. The van der Waals surface area contributed by atoms with Gasteiger partial charge in [0.2, 0.25) is 0 Å². The van der Waals surface area contributed by atoms with Gasteiger partial charge in [0.25, 0.3) is 0 Å². The lowest BCUT2D eigenvalue weighted by Crippen LogP contribution is -2.00. The van der Waals surface area contributed by atoms with Crippen molar-refractivity contribution >= 4 is 20.3 Å². The van der Waals surface area contributed by atoms with Crippen molar-refractivity contribution in [2.75, 3.05) is 5.49 Å². The predicted molar refractivity (Wildman–Crippen MR) is 26.8 cm³/mol. The van der Waals surface area contributed by atoms with Crippen molar-refractivity contribution in [3.63, 3.8) is 0 Å². The molecule has 30 valence electrons. The normalized spacial score (nSPS) is 41.4. The number of aliphatic hydroxyl groups is 1. The topological polar surface area (TPSA) is 20.2 Å². The molecule has 0 saturated carbocycles. The molecule has 1 saturated heterocycles. The number of rotatable bonds is 0. The molecular weight excluding hydrogens is 103 g/mol. The van der Waals surface area contributed by atoms with E-state index < -0.39 is 0 Å². The van der Waals surface area contributed by atoms with Crippen molar-refractivity contribution in [3.8, 4) is 0 Å². The van der Waals surface area contributed by atoms with E-state index in [-0.39, 0.29) is 5.18 Å². The van der Waals surface area contributed by atoms with Gasteiger partial charge in [0.1, 0.15) is 5.18 Å². The number of hydrogen-bond donors (Lipinski definition) is 1. The lowest BCUT2D eigenvalue weighted by Gasteiger charge is -2.17. The maximum Gasteiger partial charge on any atom is 0.116 e. The highest BCUT2D eigenvalue weighted by Crippen LogP contribution is 2.42. The highest BCUT2D eigenvalue weighted by atomic mass is 32.2. The van der Waals surface area contributed by atoms with Gasteiger partial charge in [-0.25, -0.2) is 0 Å². The highest BCUT2D eigenvalue weighted by Gasteiger charge is 2.11. The second-order valence-electron chi connectivity index (χ2n) is 0.867. The summed E-state index contributed by atoms with van der Waals surface area (Å²) in [4.78, 5) is 0. The van der Waals surface area contributed by atoms with Gasteiger partial charge < -0.3 is 5.11 Å². The van der Waals surface area contributed by atoms with Gasteiger partial charge in [-0.1, -0.05) is 8.58 Å². The molecule has 1 N–H and O–H groups in total. The van der Waals surface area contributed by atoms with Crippen molar-refractivity contribution in [3.05, 3.63) is 0 Å². The third-order valence-electron chi connectivity index (χ3n) is 0.499. The number of aliphatic hydroxyl groups excluding tert-OH is 1. The third kappa shape index (κ3) is 0.783. The lowest BCUT2D eigenvalue weighted by atomic mass is 11.6. The van der Waals surface area contributed by atoms with E-state index in [0.29, 0.717) is 0 Å². The smallest absolute Gasteiger partial charge is 0.116 e. The molecule has 1 heterocycles. The fourth-order valence-electron chi connectivity index (χ4n) is 0.158. The molecule has 0 spiro atoms. The molecule has 2 unspecified atom stereocenters. The largest absolute Gasteiger partial charge is 0.379 e. The predicted octanol–water partition coefficient (Wildman–Crippen LogP) is 0.645. The summed E-state index contributed by atoms with van der Waals surface area (Å²) in [5, 5.41) is 8.43. The minimum atomic E-state index is 0.00926. The van der Waals surface area contributed by atoms with Crippen LogP contribution in [-0.4, -0.2) is 15.8 Å². The first-order valence-corrected chi connectivity index (χ1v) is 3.76. The van der Waals surface area contributed by atoms with Gasteiger partial charge in [0.05, 0.1) is 0 Å². The molecule has 0 aromatic carbocycles. The fourth-order valence-corrected chi connectivity index (χ4v) is 1.42. The first kappa shape index (κ1) is 3.91. The van der Waals surface area contributed by atoms with Gasteiger partial charge in [-0.3, -0.25) is 0 Å². The number of thioether (sulfide) groups is 1. The molecule has 0 aromatic rings. The molecule has 0 amide bonds. The van der Waals surface area contributed by atoms with Gasteiger partial charge in [0.15, 0.2) is 0 Å². The molecular formula is C2H5OPS.